The van der Waals surface area contributed by atoms with Crippen LogP contribution in [0.15, 0.2) is 0 Å². The van der Waals surface area contributed by atoms with Crippen molar-refractivity contribution < 1.29 is 5.11 Å². The second-order valence-corrected chi connectivity index (χ2v) is 5.72. The van der Waals surface area contributed by atoms with Gasteiger partial charge in [0.05, 0.1) is 6.10 Å². The van der Waals surface area contributed by atoms with Crippen LogP contribution in [0.2, 0.25) is 0 Å². The molecule has 0 bridgehead atoms. The molecule has 0 spiro atoms. The standard InChI is InChI=1S/C13H27N3O/c1-11(12-3-4-12)15(2)9-13(17)10-16-7-5-14-6-8-16/h11-14,17H,3-10H2,1-2H3. The number of nitrogens with one attached hydrogen (secondary N) is 1. The molecule has 0 aromatic rings. The van der Waals surface area contributed by atoms with E-state index in [1.165, 1.54) is 12.8 Å². The van der Waals surface area contributed by atoms with E-state index in [-0.39, 0.29) is 6.10 Å². The molecule has 2 aliphatic rings. The van der Waals surface area contributed by atoms with Gasteiger partial charge in [0.15, 0.2) is 0 Å². The zero-order valence-corrected chi connectivity index (χ0v) is 11.2. The Kier molecular flexibility index (Phi) is 4.79. The molecule has 1 aliphatic carbocycles. The van der Waals surface area contributed by atoms with Crippen LogP contribution in [-0.4, -0.2) is 73.4 Å². The number of rotatable bonds is 6. The molecule has 0 aromatic heterocycles. The first kappa shape index (κ1) is 13.3. The van der Waals surface area contributed by atoms with Crippen molar-refractivity contribution in [1.82, 2.24) is 15.1 Å². The largest absolute Gasteiger partial charge is 0.390 e. The predicted octanol–water partition coefficient (Wildman–Crippen LogP) is -0.0172. The van der Waals surface area contributed by atoms with Gasteiger partial charge in [0.1, 0.15) is 0 Å². The van der Waals surface area contributed by atoms with Crippen molar-refractivity contribution >= 4 is 0 Å². The molecule has 2 unspecified atom stereocenters. The van der Waals surface area contributed by atoms with Crippen molar-refractivity contribution in [2.75, 3.05) is 46.3 Å². The molecular weight excluding hydrogens is 214 g/mol. The monoisotopic (exact) mass is 241 g/mol. The molecule has 2 N–H and O–H groups in total. The van der Waals surface area contributed by atoms with E-state index in [1.807, 2.05) is 0 Å². The topological polar surface area (TPSA) is 38.7 Å². The van der Waals surface area contributed by atoms with E-state index in [0.717, 1.165) is 45.2 Å². The van der Waals surface area contributed by atoms with Gasteiger partial charge in [-0.1, -0.05) is 0 Å². The van der Waals surface area contributed by atoms with Crippen LogP contribution in [0.3, 0.4) is 0 Å². The fourth-order valence-corrected chi connectivity index (χ4v) is 2.69. The van der Waals surface area contributed by atoms with E-state index in [0.29, 0.717) is 6.04 Å². The summed E-state index contributed by atoms with van der Waals surface area (Å²) in [5.41, 5.74) is 0. The van der Waals surface area contributed by atoms with Crippen molar-refractivity contribution in [1.29, 1.82) is 0 Å². The van der Waals surface area contributed by atoms with Gasteiger partial charge in [-0.2, -0.15) is 0 Å². The highest BCUT2D eigenvalue weighted by atomic mass is 16.3. The van der Waals surface area contributed by atoms with Crippen molar-refractivity contribution in [2.24, 2.45) is 5.92 Å². The Morgan fingerprint density at radius 2 is 2.00 bits per heavy atom. The van der Waals surface area contributed by atoms with Crippen molar-refractivity contribution in [3.63, 3.8) is 0 Å². The first-order valence-electron chi connectivity index (χ1n) is 6.98. The predicted molar refractivity (Wildman–Crippen MR) is 70.1 cm³/mol. The normalized spacial score (nSPS) is 26.1. The van der Waals surface area contributed by atoms with Gasteiger partial charge in [-0.25, -0.2) is 0 Å². The van der Waals surface area contributed by atoms with E-state index < -0.39 is 0 Å². The lowest BCUT2D eigenvalue weighted by Gasteiger charge is -2.32. The Bertz CT molecular complexity index is 227. The fraction of sp³-hybridized carbons (Fsp3) is 1.00. The minimum absolute atomic E-state index is 0.209. The maximum atomic E-state index is 10.1. The lowest BCUT2D eigenvalue weighted by molar-refractivity contribution is 0.0637. The summed E-state index contributed by atoms with van der Waals surface area (Å²) in [7, 11) is 2.14. The van der Waals surface area contributed by atoms with Crippen LogP contribution in [0.4, 0.5) is 0 Å². The summed E-state index contributed by atoms with van der Waals surface area (Å²) in [6, 6.07) is 0.632. The Balaban J connectivity index is 1.66. The highest BCUT2D eigenvalue weighted by Crippen LogP contribution is 2.34. The lowest BCUT2D eigenvalue weighted by Crippen LogP contribution is -2.48. The lowest BCUT2D eigenvalue weighted by atomic mass is 10.1. The average Bonchev–Trinajstić information content (AvgIpc) is 3.13. The number of nitrogens with zero attached hydrogens (tertiary/aromatic N) is 2. The number of hydrogen-bond acceptors (Lipinski definition) is 4. The molecule has 0 aromatic carbocycles. The number of likely N-dealkylation sites (N-methyl/N-ethyl adjacent to an activating group) is 1. The maximum Gasteiger partial charge on any atom is 0.0793 e. The van der Waals surface area contributed by atoms with Crippen molar-refractivity contribution in [3.8, 4) is 0 Å². The van der Waals surface area contributed by atoms with Crippen LogP contribution in [0.1, 0.15) is 19.8 Å². The minimum Gasteiger partial charge on any atom is -0.390 e. The molecule has 2 fully saturated rings. The first-order chi connectivity index (χ1) is 8.16. The van der Waals surface area contributed by atoms with Crippen LogP contribution in [-0.2, 0) is 0 Å². The second-order valence-electron chi connectivity index (χ2n) is 5.72. The SMILES string of the molecule is CC(C1CC1)N(C)CC(O)CN1CCNCC1. The average molecular weight is 241 g/mol. The second kappa shape index (κ2) is 6.14. The number of β-amino-alcohol motifs (C(OH)–C–C–N with tert-alkyl or cyclic N) is 1. The van der Waals surface area contributed by atoms with Gasteiger partial charge in [-0.05, 0) is 32.7 Å². The fourth-order valence-electron chi connectivity index (χ4n) is 2.69. The Morgan fingerprint density at radius 1 is 1.35 bits per heavy atom. The molecule has 100 valence electrons. The zero-order chi connectivity index (χ0) is 12.3. The van der Waals surface area contributed by atoms with Crippen LogP contribution in [0, 0.1) is 5.92 Å². The van der Waals surface area contributed by atoms with Gasteiger partial charge in [-0.15, -0.1) is 0 Å². The van der Waals surface area contributed by atoms with Gasteiger partial charge in [0.2, 0.25) is 0 Å². The quantitative estimate of drug-likeness (QED) is 0.686. The molecule has 1 aliphatic heterocycles. The van der Waals surface area contributed by atoms with Crippen LogP contribution < -0.4 is 5.32 Å². The third-order valence-corrected chi connectivity index (χ3v) is 4.18. The van der Waals surface area contributed by atoms with E-state index in [1.54, 1.807) is 0 Å². The van der Waals surface area contributed by atoms with Gasteiger partial charge in [0, 0.05) is 45.3 Å². The number of aliphatic hydroxyl groups is 1. The molecule has 1 saturated carbocycles. The van der Waals surface area contributed by atoms with E-state index in [9.17, 15) is 5.11 Å². The van der Waals surface area contributed by atoms with Gasteiger partial charge in [0.25, 0.3) is 0 Å². The number of hydrogen-bond donors (Lipinski definition) is 2. The summed E-state index contributed by atoms with van der Waals surface area (Å²) in [6.07, 6.45) is 2.54. The number of aliphatic hydroxyl groups excluding tert-OH is 1. The van der Waals surface area contributed by atoms with E-state index in [2.05, 4.69) is 29.1 Å². The summed E-state index contributed by atoms with van der Waals surface area (Å²) in [4.78, 5) is 4.68. The Hall–Kier alpha value is -0.160. The Morgan fingerprint density at radius 3 is 2.59 bits per heavy atom. The van der Waals surface area contributed by atoms with Gasteiger partial charge < -0.3 is 15.3 Å². The third kappa shape index (κ3) is 4.21. The number of piperazine rings is 1. The molecule has 0 radical (unpaired) electrons. The molecule has 17 heavy (non-hydrogen) atoms. The van der Waals surface area contributed by atoms with Crippen molar-refractivity contribution in [2.45, 2.75) is 31.9 Å². The minimum atomic E-state index is -0.209. The van der Waals surface area contributed by atoms with Crippen LogP contribution in [0.25, 0.3) is 0 Å². The van der Waals surface area contributed by atoms with Gasteiger partial charge >= 0.3 is 0 Å². The maximum absolute atomic E-state index is 10.1. The van der Waals surface area contributed by atoms with Crippen LogP contribution in [0.5, 0.6) is 0 Å². The molecule has 1 heterocycles. The van der Waals surface area contributed by atoms with Crippen molar-refractivity contribution in [3.05, 3.63) is 0 Å². The van der Waals surface area contributed by atoms with E-state index >= 15 is 0 Å². The molecule has 0 amide bonds. The molecular formula is C13H27N3O. The molecule has 1 saturated heterocycles. The molecule has 4 nitrogen and oxygen atoms in total. The highest BCUT2D eigenvalue weighted by Gasteiger charge is 2.31. The Labute approximate surface area is 105 Å². The zero-order valence-electron chi connectivity index (χ0n) is 11.2. The summed E-state index contributed by atoms with van der Waals surface area (Å²) < 4.78 is 0. The third-order valence-electron chi connectivity index (χ3n) is 4.18. The smallest absolute Gasteiger partial charge is 0.0793 e. The summed E-state index contributed by atoms with van der Waals surface area (Å²) in [5, 5.41) is 13.5. The highest BCUT2D eigenvalue weighted by molar-refractivity contribution is 4.85. The van der Waals surface area contributed by atoms with Gasteiger partial charge in [-0.3, -0.25) is 4.90 Å². The molecule has 4 heteroatoms. The van der Waals surface area contributed by atoms with E-state index in [4.69, 9.17) is 0 Å². The first-order valence-corrected chi connectivity index (χ1v) is 6.98. The summed E-state index contributed by atoms with van der Waals surface area (Å²) in [5.74, 6) is 0.881. The summed E-state index contributed by atoms with van der Waals surface area (Å²) >= 11 is 0. The summed E-state index contributed by atoms with van der Waals surface area (Å²) in [6.45, 7) is 8.17. The molecule has 2 atom stereocenters. The van der Waals surface area contributed by atoms with Crippen LogP contribution >= 0.6 is 0 Å². The molecule has 2 rings (SSSR count).